The van der Waals surface area contributed by atoms with E-state index in [2.05, 4.69) is 6.58 Å². The predicted molar refractivity (Wildman–Crippen MR) is 106 cm³/mol. The van der Waals surface area contributed by atoms with Gasteiger partial charge in [-0.25, -0.2) is 9.59 Å². The third-order valence-corrected chi connectivity index (χ3v) is 4.57. The molecular weight excluding hydrogens is 360 g/mol. The Morgan fingerprint density at radius 2 is 1.71 bits per heavy atom. The van der Waals surface area contributed by atoms with E-state index in [0.29, 0.717) is 5.56 Å². The minimum atomic E-state index is -0.481. The lowest BCUT2D eigenvalue weighted by molar-refractivity contribution is -0.0401. The fourth-order valence-corrected chi connectivity index (χ4v) is 3.25. The van der Waals surface area contributed by atoms with Crippen LogP contribution in [0.2, 0.25) is 0 Å². The van der Waals surface area contributed by atoms with Crippen LogP contribution in [0.15, 0.2) is 43.0 Å². The molecule has 0 aromatic heterocycles. The Kier molecular flexibility index (Phi) is 6.28. The number of nitrogens with zero attached hydrogens (tertiary/aromatic N) is 2. The molecule has 0 aliphatic carbocycles. The van der Waals surface area contributed by atoms with Gasteiger partial charge in [-0.15, -0.1) is 0 Å². The maximum Gasteiger partial charge on any atom is 0.338 e. The lowest BCUT2D eigenvalue weighted by atomic mass is 10.0. The van der Waals surface area contributed by atoms with Crippen molar-refractivity contribution in [3.8, 4) is 0 Å². The van der Waals surface area contributed by atoms with Gasteiger partial charge in [0.2, 0.25) is 0 Å². The Balaban J connectivity index is 1.76. The van der Waals surface area contributed by atoms with Crippen molar-refractivity contribution in [1.82, 2.24) is 9.80 Å². The van der Waals surface area contributed by atoms with Gasteiger partial charge in [-0.1, -0.05) is 30.9 Å². The topological polar surface area (TPSA) is 68.3 Å². The Morgan fingerprint density at radius 3 is 2.32 bits per heavy atom. The molecule has 0 spiro atoms. The van der Waals surface area contributed by atoms with Gasteiger partial charge < -0.3 is 14.2 Å². The molecule has 0 bridgehead atoms. The molecule has 0 radical (unpaired) electrons. The summed E-state index contributed by atoms with van der Waals surface area (Å²) in [7, 11) is 3.02. The van der Waals surface area contributed by atoms with E-state index < -0.39 is 12.1 Å². The number of rotatable bonds is 7. The van der Waals surface area contributed by atoms with E-state index in [-0.39, 0.29) is 32.6 Å². The molecule has 2 amide bonds. The Morgan fingerprint density at radius 1 is 1.07 bits per heavy atom. The van der Waals surface area contributed by atoms with Gasteiger partial charge >= 0.3 is 12.0 Å². The Bertz CT molecular complexity index is 864. The van der Waals surface area contributed by atoms with Crippen LogP contribution in [0.25, 0.3) is 16.8 Å². The summed E-state index contributed by atoms with van der Waals surface area (Å²) in [6.07, 6.45) is 1.28. The zero-order valence-corrected chi connectivity index (χ0v) is 16.1. The third kappa shape index (κ3) is 4.32. The van der Waals surface area contributed by atoms with Gasteiger partial charge in [0.25, 0.3) is 0 Å². The lowest BCUT2D eigenvalue weighted by Crippen LogP contribution is -2.57. The van der Waals surface area contributed by atoms with Crippen LogP contribution < -0.4 is 0 Å². The van der Waals surface area contributed by atoms with E-state index >= 15 is 0 Å². The number of urea groups is 1. The number of carbonyl (C=O) groups is 2. The van der Waals surface area contributed by atoms with Crippen LogP contribution in [0.3, 0.4) is 0 Å². The van der Waals surface area contributed by atoms with Crippen molar-refractivity contribution >= 4 is 28.8 Å². The van der Waals surface area contributed by atoms with E-state index in [1.807, 2.05) is 24.3 Å². The first-order chi connectivity index (χ1) is 13.5. The molecule has 1 fully saturated rings. The van der Waals surface area contributed by atoms with Crippen molar-refractivity contribution in [2.24, 2.45) is 0 Å². The number of ether oxygens (including phenoxy) is 3. The fraction of sp³-hybridized carbons (Fsp3) is 0.333. The molecule has 148 valence electrons. The quantitative estimate of drug-likeness (QED) is 0.687. The number of fused-ring (bicyclic) bond motifs is 1. The summed E-state index contributed by atoms with van der Waals surface area (Å²) in [6, 6.07) is 11.2. The van der Waals surface area contributed by atoms with Gasteiger partial charge in [-0.05, 0) is 34.5 Å². The van der Waals surface area contributed by atoms with Crippen LogP contribution in [-0.4, -0.2) is 68.7 Å². The SMILES string of the molecule is C=Cc1ccc2ccc(C(=O)OC3CN(COC)C(=O)N(COC)C3)cc2c1. The highest BCUT2D eigenvalue weighted by molar-refractivity contribution is 5.96. The number of methoxy groups -OCH3 is 2. The van der Waals surface area contributed by atoms with Crippen LogP contribution in [0, 0.1) is 0 Å². The summed E-state index contributed by atoms with van der Waals surface area (Å²) in [5.41, 5.74) is 1.44. The van der Waals surface area contributed by atoms with Crippen molar-refractivity contribution < 1.29 is 23.8 Å². The second-order valence-electron chi connectivity index (χ2n) is 6.62. The second-order valence-corrected chi connectivity index (χ2v) is 6.62. The molecular formula is C21H24N2O5. The van der Waals surface area contributed by atoms with Crippen LogP contribution >= 0.6 is 0 Å². The normalized spacial score (nSPS) is 15.1. The van der Waals surface area contributed by atoms with Crippen molar-refractivity contribution in [1.29, 1.82) is 0 Å². The lowest BCUT2D eigenvalue weighted by Gasteiger charge is -2.38. The van der Waals surface area contributed by atoms with E-state index in [9.17, 15) is 9.59 Å². The molecule has 1 heterocycles. The highest BCUT2D eigenvalue weighted by Crippen LogP contribution is 2.20. The summed E-state index contributed by atoms with van der Waals surface area (Å²) in [5.74, 6) is -0.431. The molecule has 1 saturated heterocycles. The van der Waals surface area contributed by atoms with Crippen molar-refractivity contribution in [3.05, 3.63) is 54.1 Å². The third-order valence-electron chi connectivity index (χ3n) is 4.57. The number of hydrogen-bond donors (Lipinski definition) is 0. The van der Waals surface area contributed by atoms with E-state index in [1.165, 1.54) is 24.0 Å². The fourth-order valence-electron chi connectivity index (χ4n) is 3.25. The Labute approximate surface area is 164 Å². The zero-order chi connectivity index (χ0) is 20.1. The summed E-state index contributed by atoms with van der Waals surface area (Å²) in [6.45, 7) is 4.55. The Hall–Kier alpha value is -2.90. The molecule has 28 heavy (non-hydrogen) atoms. The molecule has 1 aliphatic rings. The van der Waals surface area contributed by atoms with Gasteiger partial charge in [0.1, 0.15) is 19.6 Å². The molecule has 1 aliphatic heterocycles. The number of carbonyl (C=O) groups excluding carboxylic acids is 2. The van der Waals surface area contributed by atoms with Gasteiger partial charge in [0.15, 0.2) is 0 Å². The molecule has 0 N–H and O–H groups in total. The van der Waals surface area contributed by atoms with Crippen LogP contribution in [-0.2, 0) is 14.2 Å². The standard InChI is InChI=1S/C21H24N2O5/c1-4-15-5-6-16-7-8-17(10-18(16)9-15)20(24)28-19-11-22(13-26-2)21(25)23(12-19)14-27-3/h4-10,19H,1,11-14H2,2-3H3. The first-order valence-electron chi connectivity index (χ1n) is 8.94. The first kappa shape index (κ1) is 19.9. The van der Waals surface area contributed by atoms with Gasteiger partial charge in [-0.2, -0.15) is 0 Å². The van der Waals surface area contributed by atoms with E-state index in [1.54, 1.807) is 18.2 Å². The monoisotopic (exact) mass is 384 g/mol. The second kappa shape index (κ2) is 8.86. The molecule has 0 saturated carbocycles. The molecule has 3 rings (SSSR count). The minimum absolute atomic E-state index is 0.118. The number of benzene rings is 2. The molecule has 7 nitrogen and oxygen atoms in total. The van der Waals surface area contributed by atoms with Gasteiger partial charge in [0, 0.05) is 14.2 Å². The largest absolute Gasteiger partial charge is 0.455 e. The van der Waals surface area contributed by atoms with Crippen LogP contribution in [0.1, 0.15) is 15.9 Å². The molecule has 0 unspecified atom stereocenters. The average molecular weight is 384 g/mol. The average Bonchev–Trinajstić information content (AvgIpc) is 2.70. The first-order valence-corrected chi connectivity index (χ1v) is 8.94. The smallest absolute Gasteiger partial charge is 0.338 e. The van der Waals surface area contributed by atoms with Crippen molar-refractivity contribution in [2.45, 2.75) is 6.10 Å². The maximum absolute atomic E-state index is 12.7. The van der Waals surface area contributed by atoms with Crippen molar-refractivity contribution in [3.63, 3.8) is 0 Å². The predicted octanol–water partition coefficient (Wildman–Crippen LogP) is 2.95. The summed E-state index contributed by atoms with van der Waals surface area (Å²) >= 11 is 0. The summed E-state index contributed by atoms with van der Waals surface area (Å²) in [4.78, 5) is 28.0. The highest BCUT2D eigenvalue weighted by Gasteiger charge is 2.33. The van der Waals surface area contributed by atoms with Crippen LogP contribution in [0.5, 0.6) is 0 Å². The van der Waals surface area contributed by atoms with Crippen molar-refractivity contribution in [2.75, 3.05) is 40.8 Å². The van der Waals surface area contributed by atoms with E-state index in [0.717, 1.165) is 16.3 Å². The maximum atomic E-state index is 12.7. The van der Waals surface area contributed by atoms with Gasteiger partial charge in [-0.3, -0.25) is 9.80 Å². The van der Waals surface area contributed by atoms with Gasteiger partial charge in [0.05, 0.1) is 18.7 Å². The molecule has 0 atom stereocenters. The number of amides is 2. The zero-order valence-electron chi connectivity index (χ0n) is 16.1. The number of hydrogen-bond acceptors (Lipinski definition) is 5. The highest BCUT2D eigenvalue weighted by atomic mass is 16.5. The summed E-state index contributed by atoms with van der Waals surface area (Å²) in [5, 5.41) is 1.97. The van der Waals surface area contributed by atoms with Crippen LogP contribution in [0.4, 0.5) is 4.79 Å². The molecule has 7 heteroatoms. The number of esters is 1. The minimum Gasteiger partial charge on any atom is -0.455 e. The van der Waals surface area contributed by atoms with E-state index in [4.69, 9.17) is 14.2 Å². The molecule has 2 aromatic rings. The molecule has 2 aromatic carbocycles. The summed E-state index contributed by atoms with van der Waals surface area (Å²) < 4.78 is 15.8.